The van der Waals surface area contributed by atoms with Gasteiger partial charge in [0, 0.05) is 50.0 Å². The molecule has 1 fully saturated rings. The number of aromatic amines is 1. The number of aromatic nitrogens is 4. The van der Waals surface area contributed by atoms with Crippen molar-refractivity contribution in [1.29, 1.82) is 0 Å². The van der Waals surface area contributed by atoms with E-state index in [1.807, 2.05) is 0 Å². The number of halogens is 2. The van der Waals surface area contributed by atoms with E-state index in [0.717, 1.165) is 37.3 Å². The van der Waals surface area contributed by atoms with Gasteiger partial charge in [-0.1, -0.05) is 24.4 Å². The standard InChI is InChI=1S/C21H25ClFN7O/c1-30(2)21(31)28-17-6-4-3-5-12(17)8-24-20-16(23)11-27-19(29-20)15-10-26-18-14(15)7-13(22)9-25-18/h7,9-12,17H,3-6,8H2,1-2H3,(H,25,26)(H,28,31)(H,24,27,29)/t12?,17-/m1/s1. The van der Waals surface area contributed by atoms with Crippen LogP contribution in [0.4, 0.5) is 15.0 Å². The first-order chi connectivity index (χ1) is 14.9. The van der Waals surface area contributed by atoms with Gasteiger partial charge in [-0.2, -0.15) is 0 Å². The first kappa shape index (κ1) is 21.3. The van der Waals surface area contributed by atoms with Crippen LogP contribution in [-0.2, 0) is 0 Å². The number of rotatable bonds is 5. The maximum atomic E-state index is 14.5. The van der Waals surface area contributed by atoms with Crippen LogP contribution in [0.2, 0.25) is 5.02 Å². The van der Waals surface area contributed by atoms with Crippen molar-refractivity contribution in [1.82, 2.24) is 30.2 Å². The monoisotopic (exact) mass is 445 g/mol. The second kappa shape index (κ2) is 9.05. The van der Waals surface area contributed by atoms with Crippen LogP contribution in [0.1, 0.15) is 25.7 Å². The van der Waals surface area contributed by atoms with Gasteiger partial charge < -0.3 is 20.5 Å². The minimum atomic E-state index is -0.524. The van der Waals surface area contributed by atoms with Crippen LogP contribution < -0.4 is 10.6 Å². The Balaban J connectivity index is 1.52. The van der Waals surface area contributed by atoms with E-state index in [1.165, 1.54) is 4.90 Å². The summed E-state index contributed by atoms with van der Waals surface area (Å²) < 4.78 is 14.5. The summed E-state index contributed by atoms with van der Waals surface area (Å²) in [7, 11) is 3.44. The number of carbonyl (C=O) groups is 1. The lowest BCUT2D eigenvalue weighted by atomic mass is 9.84. The topological polar surface area (TPSA) is 98.8 Å². The average Bonchev–Trinajstić information content (AvgIpc) is 3.17. The summed E-state index contributed by atoms with van der Waals surface area (Å²) in [5.41, 5.74) is 1.35. The van der Waals surface area contributed by atoms with Gasteiger partial charge in [0.2, 0.25) is 0 Å². The van der Waals surface area contributed by atoms with E-state index in [0.29, 0.717) is 28.6 Å². The molecule has 0 aromatic carbocycles. The lowest BCUT2D eigenvalue weighted by molar-refractivity contribution is 0.198. The predicted octanol–water partition coefficient (Wildman–Crippen LogP) is 4.05. The zero-order valence-electron chi connectivity index (χ0n) is 17.5. The fourth-order valence-electron chi connectivity index (χ4n) is 3.94. The summed E-state index contributed by atoms with van der Waals surface area (Å²) in [6.45, 7) is 0.507. The molecule has 0 spiro atoms. The number of pyridine rings is 1. The Morgan fingerprint density at radius 3 is 2.90 bits per heavy atom. The third-order valence-electron chi connectivity index (χ3n) is 5.64. The first-order valence-electron chi connectivity index (χ1n) is 10.3. The predicted molar refractivity (Wildman–Crippen MR) is 119 cm³/mol. The lowest BCUT2D eigenvalue weighted by Gasteiger charge is -2.33. The van der Waals surface area contributed by atoms with Crippen LogP contribution in [-0.4, -0.2) is 57.5 Å². The molecule has 3 aromatic rings. The molecule has 3 N–H and O–H groups in total. The summed E-state index contributed by atoms with van der Waals surface area (Å²) in [6.07, 6.45) is 8.47. The Bertz CT molecular complexity index is 1090. The van der Waals surface area contributed by atoms with Crippen molar-refractivity contribution in [3.05, 3.63) is 35.5 Å². The smallest absolute Gasteiger partial charge is 0.317 e. The number of urea groups is 1. The zero-order valence-corrected chi connectivity index (χ0v) is 18.2. The summed E-state index contributed by atoms with van der Waals surface area (Å²) in [4.78, 5) is 29.5. The van der Waals surface area contributed by atoms with Gasteiger partial charge in [0.15, 0.2) is 17.5 Å². The Labute approximate surface area is 184 Å². The van der Waals surface area contributed by atoms with Crippen molar-refractivity contribution in [2.24, 2.45) is 5.92 Å². The molecule has 1 unspecified atom stereocenters. The van der Waals surface area contributed by atoms with Crippen LogP contribution in [0.5, 0.6) is 0 Å². The summed E-state index contributed by atoms with van der Waals surface area (Å²) in [5.74, 6) is 0.175. The maximum Gasteiger partial charge on any atom is 0.317 e. The largest absolute Gasteiger partial charge is 0.367 e. The van der Waals surface area contributed by atoms with E-state index >= 15 is 0 Å². The molecule has 1 aliphatic carbocycles. The van der Waals surface area contributed by atoms with E-state index < -0.39 is 5.82 Å². The molecule has 0 aliphatic heterocycles. The summed E-state index contributed by atoms with van der Waals surface area (Å²) >= 11 is 6.07. The van der Waals surface area contributed by atoms with Crippen LogP contribution >= 0.6 is 11.6 Å². The highest BCUT2D eigenvalue weighted by molar-refractivity contribution is 6.31. The van der Waals surface area contributed by atoms with Crippen molar-refractivity contribution < 1.29 is 9.18 Å². The number of anilines is 1. The van der Waals surface area contributed by atoms with Gasteiger partial charge in [0.05, 0.1) is 11.2 Å². The first-order valence-corrected chi connectivity index (χ1v) is 10.7. The van der Waals surface area contributed by atoms with Crippen LogP contribution in [0.25, 0.3) is 22.4 Å². The molecule has 0 bridgehead atoms. The fourth-order valence-corrected chi connectivity index (χ4v) is 4.10. The molecule has 0 radical (unpaired) electrons. The molecule has 31 heavy (non-hydrogen) atoms. The van der Waals surface area contributed by atoms with Crippen molar-refractivity contribution in [3.63, 3.8) is 0 Å². The summed E-state index contributed by atoms with van der Waals surface area (Å²) in [6, 6.07) is 1.71. The Morgan fingerprint density at radius 1 is 1.29 bits per heavy atom. The van der Waals surface area contributed by atoms with Crippen LogP contribution in [0.15, 0.2) is 24.7 Å². The van der Waals surface area contributed by atoms with E-state index in [2.05, 4.69) is 30.6 Å². The Hall–Kier alpha value is -2.94. The second-order valence-corrected chi connectivity index (χ2v) is 8.45. The van der Waals surface area contributed by atoms with Crippen molar-refractivity contribution in [3.8, 4) is 11.4 Å². The number of nitrogens with one attached hydrogen (secondary N) is 3. The molecule has 164 valence electrons. The second-order valence-electron chi connectivity index (χ2n) is 8.02. The molecule has 1 aliphatic rings. The molecular weight excluding hydrogens is 421 g/mol. The molecule has 3 aromatic heterocycles. The zero-order chi connectivity index (χ0) is 22.0. The molecule has 0 saturated heterocycles. The van der Waals surface area contributed by atoms with Gasteiger partial charge in [-0.25, -0.2) is 24.1 Å². The quantitative estimate of drug-likeness (QED) is 0.550. The van der Waals surface area contributed by atoms with Gasteiger partial charge in [-0.3, -0.25) is 0 Å². The minimum Gasteiger partial charge on any atom is -0.367 e. The minimum absolute atomic E-state index is 0.0438. The molecule has 4 rings (SSSR count). The van der Waals surface area contributed by atoms with Crippen molar-refractivity contribution >= 4 is 34.5 Å². The van der Waals surface area contributed by atoms with Gasteiger partial charge in [-0.05, 0) is 24.8 Å². The molecule has 8 nitrogen and oxygen atoms in total. The molecule has 10 heteroatoms. The van der Waals surface area contributed by atoms with E-state index in [-0.39, 0.29) is 23.8 Å². The lowest BCUT2D eigenvalue weighted by Crippen LogP contribution is -2.48. The number of carbonyl (C=O) groups excluding carboxylic acids is 1. The third kappa shape index (κ3) is 4.71. The highest BCUT2D eigenvalue weighted by Crippen LogP contribution is 2.29. The van der Waals surface area contributed by atoms with E-state index in [9.17, 15) is 9.18 Å². The molecular formula is C21H25ClFN7O. The maximum absolute atomic E-state index is 14.5. The van der Waals surface area contributed by atoms with Gasteiger partial charge >= 0.3 is 6.03 Å². The number of amides is 2. The van der Waals surface area contributed by atoms with Gasteiger partial charge in [0.1, 0.15) is 5.65 Å². The summed E-state index contributed by atoms with van der Waals surface area (Å²) in [5, 5.41) is 7.47. The highest BCUT2D eigenvalue weighted by Gasteiger charge is 2.27. The normalized spacial score (nSPS) is 18.7. The molecule has 1 saturated carbocycles. The van der Waals surface area contributed by atoms with Crippen LogP contribution in [0.3, 0.4) is 0 Å². The fraction of sp³-hybridized carbons (Fsp3) is 0.429. The average molecular weight is 446 g/mol. The van der Waals surface area contributed by atoms with E-state index in [1.54, 1.807) is 32.6 Å². The van der Waals surface area contributed by atoms with Gasteiger partial charge in [-0.15, -0.1) is 0 Å². The molecule has 3 heterocycles. The van der Waals surface area contributed by atoms with Gasteiger partial charge in [0.25, 0.3) is 0 Å². The van der Waals surface area contributed by atoms with Crippen molar-refractivity contribution in [2.45, 2.75) is 31.7 Å². The number of hydrogen-bond acceptors (Lipinski definition) is 5. The van der Waals surface area contributed by atoms with Crippen LogP contribution in [0, 0.1) is 11.7 Å². The number of H-pyrrole nitrogens is 1. The Morgan fingerprint density at radius 2 is 2.10 bits per heavy atom. The van der Waals surface area contributed by atoms with E-state index in [4.69, 9.17) is 11.6 Å². The highest BCUT2D eigenvalue weighted by atomic mass is 35.5. The SMILES string of the molecule is CN(C)C(=O)N[C@@H]1CCCCC1CNc1nc(-c2c[nH]c3ncc(Cl)cc23)ncc1F. The Kier molecular flexibility index (Phi) is 6.22. The van der Waals surface area contributed by atoms with Crippen molar-refractivity contribution in [2.75, 3.05) is 26.0 Å². The number of nitrogens with zero attached hydrogens (tertiary/aromatic N) is 4. The molecule has 2 atom stereocenters. The third-order valence-corrected chi connectivity index (χ3v) is 5.85. The number of fused-ring (bicyclic) bond motifs is 1. The molecule has 2 amide bonds. The number of hydrogen-bond donors (Lipinski definition) is 3.